The fourth-order valence-electron chi connectivity index (χ4n) is 1.75. The summed E-state index contributed by atoms with van der Waals surface area (Å²) < 4.78 is 0. The number of rotatable bonds is 5. The van der Waals surface area contributed by atoms with Crippen molar-refractivity contribution in [1.29, 1.82) is 0 Å². The van der Waals surface area contributed by atoms with E-state index in [2.05, 4.69) is 10.6 Å². The third-order valence-corrected chi connectivity index (χ3v) is 3.35. The highest BCUT2D eigenvalue weighted by molar-refractivity contribution is 6.36. The lowest BCUT2D eigenvalue weighted by Crippen LogP contribution is -2.22. The van der Waals surface area contributed by atoms with Gasteiger partial charge in [-0.05, 0) is 36.4 Å². The molecular formula is C15H13Cl2N3O2. The first kappa shape index (κ1) is 16.1. The zero-order chi connectivity index (χ0) is 16.1. The molecule has 0 spiro atoms. The van der Waals surface area contributed by atoms with Crippen LogP contribution in [0.2, 0.25) is 10.0 Å². The molecule has 0 aliphatic heterocycles. The van der Waals surface area contributed by atoms with Gasteiger partial charge in [0.25, 0.3) is 0 Å². The Morgan fingerprint density at radius 3 is 2.55 bits per heavy atom. The Bertz CT molecular complexity index is 720. The molecule has 2 aromatic rings. The van der Waals surface area contributed by atoms with Crippen molar-refractivity contribution >= 4 is 46.4 Å². The van der Waals surface area contributed by atoms with Crippen LogP contribution in [-0.2, 0) is 4.79 Å². The van der Waals surface area contributed by atoms with Gasteiger partial charge in [0.1, 0.15) is 0 Å². The van der Waals surface area contributed by atoms with E-state index in [-0.39, 0.29) is 12.5 Å². The molecule has 5 nitrogen and oxygen atoms in total. The van der Waals surface area contributed by atoms with E-state index in [0.29, 0.717) is 27.0 Å². The van der Waals surface area contributed by atoms with Crippen LogP contribution in [0.25, 0.3) is 0 Å². The number of benzene rings is 2. The lowest BCUT2D eigenvalue weighted by Gasteiger charge is -2.09. The molecule has 0 aliphatic rings. The van der Waals surface area contributed by atoms with Gasteiger partial charge in [0.2, 0.25) is 11.8 Å². The number of nitrogens with one attached hydrogen (secondary N) is 2. The average Bonchev–Trinajstić information content (AvgIpc) is 2.48. The van der Waals surface area contributed by atoms with Gasteiger partial charge in [0, 0.05) is 16.3 Å². The van der Waals surface area contributed by atoms with Gasteiger partial charge in [-0.15, -0.1) is 0 Å². The van der Waals surface area contributed by atoms with Gasteiger partial charge < -0.3 is 16.4 Å². The van der Waals surface area contributed by atoms with Crippen molar-refractivity contribution < 1.29 is 9.59 Å². The van der Waals surface area contributed by atoms with Crippen LogP contribution in [0.15, 0.2) is 42.5 Å². The Morgan fingerprint density at radius 1 is 1.09 bits per heavy atom. The summed E-state index contributed by atoms with van der Waals surface area (Å²) in [7, 11) is 0. The van der Waals surface area contributed by atoms with Gasteiger partial charge in [0.05, 0.1) is 17.3 Å². The van der Waals surface area contributed by atoms with Crippen LogP contribution < -0.4 is 16.4 Å². The fraction of sp³-hybridized carbons (Fsp3) is 0.0667. The topological polar surface area (TPSA) is 84.2 Å². The van der Waals surface area contributed by atoms with Crippen molar-refractivity contribution in [2.45, 2.75) is 0 Å². The first-order chi connectivity index (χ1) is 10.5. The SMILES string of the molecule is NC(=O)c1cccc(NCC(=O)Nc2ccc(Cl)cc2Cl)c1. The summed E-state index contributed by atoms with van der Waals surface area (Å²) in [5.74, 6) is -0.810. The average molecular weight is 338 g/mol. The molecule has 0 aromatic heterocycles. The summed E-state index contributed by atoms with van der Waals surface area (Å²) in [6.45, 7) is 0.0151. The molecule has 0 atom stereocenters. The van der Waals surface area contributed by atoms with Crippen LogP contribution >= 0.6 is 23.2 Å². The lowest BCUT2D eigenvalue weighted by molar-refractivity contribution is -0.114. The molecule has 0 fully saturated rings. The van der Waals surface area contributed by atoms with E-state index in [1.54, 1.807) is 42.5 Å². The highest BCUT2D eigenvalue weighted by Gasteiger charge is 2.07. The molecule has 0 bridgehead atoms. The summed E-state index contributed by atoms with van der Waals surface area (Å²) in [5.41, 5.74) is 6.66. The number of halogens is 2. The molecule has 0 heterocycles. The van der Waals surface area contributed by atoms with E-state index >= 15 is 0 Å². The minimum Gasteiger partial charge on any atom is -0.376 e. The van der Waals surface area contributed by atoms with E-state index in [1.165, 1.54) is 0 Å². The Balaban J connectivity index is 1.95. The Morgan fingerprint density at radius 2 is 1.86 bits per heavy atom. The minimum atomic E-state index is -0.527. The highest BCUT2D eigenvalue weighted by Crippen LogP contribution is 2.25. The van der Waals surface area contributed by atoms with Gasteiger partial charge in [-0.25, -0.2) is 0 Å². The summed E-state index contributed by atoms with van der Waals surface area (Å²) in [5, 5.41) is 6.41. The molecule has 2 amide bonds. The molecule has 0 saturated carbocycles. The molecule has 0 aliphatic carbocycles. The van der Waals surface area contributed by atoms with Crippen molar-refractivity contribution in [3.05, 3.63) is 58.1 Å². The van der Waals surface area contributed by atoms with E-state index in [0.717, 1.165) is 0 Å². The summed E-state index contributed by atoms with van der Waals surface area (Å²) >= 11 is 11.8. The normalized spacial score (nSPS) is 10.1. The van der Waals surface area contributed by atoms with Crippen molar-refractivity contribution in [2.24, 2.45) is 5.73 Å². The Kier molecular flexibility index (Phi) is 5.25. The quantitative estimate of drug-likeness (QED) is 0.783. The monoisotopic (exact) mass is 337 g/mol. The van der Waals surface area contributed by atoms with Crippen LogP contribution in [0.3, 0.4) is 0 Å². The van der Waals surface area contributed by atoms with E-state index < -0.39 is 5.91 Å². The number of amides is 2. The maximum Gasteiger partial charge on any atom is 0.248 e. The first-order valence-electron chi connectivity index (χ1n) is 6.34. The molecule has 7 heteroatoms. The number of primary amides is 1. The second kappa shape index (κ2) is 7.15. The summed E-state index contributed by atoms with van der Waals surface area (Å²) in [4.78, 5) is 23.0. The van der Waals surface area contributed by atoms with Crippen molar-refractivity contribution in [3.63, 3.8) is 0 Å². The van der Waals surface area contributed by atoms with Crippen molar-refractivity contribution in [1.82, 2.24) is 0 Å². The van der Waals surface area contributed by atoms with Crippen molar-refractivity contribution in [2.75, 3.05) is 17.2 Å². The zero-order valence-corrected chi connectivity index (χ0v) is 12.9. The molecule has 0 unspecified atom stereocenters. The van der Waals surface area contributed by atoms with Gasteiger partial charge in [-0.2, -0.15) is 0 Å². The van der Waals surface area contributed by atoms with Crippen LogP contribution in [0, 0.1) is 0 Å². The summed E-state index contributed by atoms with van der Waals surface area (Å²) in [6, 6.07) is 11.4. The minimum absolute atomic E-state index is 0.0151. The Hall–Kier alpha value is -2.24. The van der Waals surface area contributed by atoms with E-state index in [4.69, 9.17) is 28.9 Å². The van der Waals surface area contributed by atoms with Gasteiger partial charge in [-0.3, -0.25) is 9.59 Å². The van der Waals surface area contributed by atoms with Crippen LogP contribution in [0.4, 0.5) is 11.4 Å². The zero-order valence-electron chi connectivity index (χ0n) is 11.4. The van der Waals surface area contributed by atoms with Gasteiger partial charge >= 0.3 is 0 Å². The standard InChI is InChI=1S/C15H13Cl2N3O2/c16-10-4-5-13(12(17)7-10)20-14(21)8-19-11-3-1-2-9(6-11)15(18)22/h1-7,19H,8H2,(H2,18,22)(H,20,21). The largest absolute Gasteiger partial charge is 0.376 e. The number of hydrogen-bond acceptors (Lipinski definition) is 3. The molecule has 4 N–H and O–H groups in total. The van der Waals surface area contributed by atoms with Gasteiger partial charge in [0.15, 0.2) is 0 Å². The number of nitrogens with two attached hydrogens (primary N) is 1. The molecule has 114 valence electrons. The van der Waals surface area contributed by atoms with Crippen LogP contribution in [0.5, 0.6) is 0 Å². The third-order valence-electron chi connectivity index (χ3n) is 2.81. The van der Waals surface area contributed by atoms with Crippen LogP contribution in [-0.4, -0.2) is 18.4 Å². The Labute approximate surface area is 137 Å². The van der Waals surface area contributed by atoms with E-state index in [1.807, 2.05) is 0 Å². The molecular weight excluding hydrogens is 325 g/mol. The second-order valence-electron chi connectivity index (χ2n) is 4.47. The molecule has 0 radical (unpaired) electrons. The predicted octanol–water partition coefficient (Wildman–Crippen LogP) is 3.14. The smallest absolute Gasteiger partial charge is 0.248 e. The predicted molar refractivity (Wildman–Crippen MR) is 88.5 cm³/mol. The first-order valence-corrected chi connectivity index (χ1v) is 7.10. The summed E-state index contributed by atoms with van der Waals surface area (Å²) in [6.07, 6.45) is 0. The highest BCUT2D eigenvalue weighted by atomic mass is 35.5. The lowest BCUT2D eigenvalue weighted by atomic mass is 10.2. The number of anilines is 2. The van der Waals surface area contributed by atoms with Gasteiger partial charge in [-0.1, -0.05) is 29.3 Å². The maximum absolute atomic E-state index is 11.9. The molecule has 2 aromatic carbocycles. The molecule has 22 heavy (non-hydrogen) atoms. The molecule has 2 rings (SSSR count). The molecule has 0 saturated heterocycles. The van der Waals surface area contributed by atoms with E-state index in [9.17, 15) is 9.59 Å². The third kappa shape index (κ3) is 4.38. The maximum atomic E-state index is 11.9. The van der Waals surface area contributed by atoms with Crippen LogP contribution in [0.1, 0.15) is 10.4 Å². The number of carbonyl (C=O) groups is 2. The number of hydrogen-bond donors (Lipinski definition) is 3. The fourth-order valence-corrected chi connectivity index (χ4v) is 2.21. The second-order valence-corrected chi connectivity index (χ2v) is 5.31. The number of carbonyl (C=O) groups excluding carboxylic acids is 2. The van der Waals surface area contributed by atoms with Crippen molar-refractivity contribution in [3.8, 4) is 0 Å².